The number of rotatable bonds is 8. The molecule has 0 aliphatic carbocycles. The van der Waals surface area contributed by atoms with E-state index in [1.165, 1.54) is 6.92 Å². The highest BCUT2D eigenvalue weighted by atomic mass is 32.2. The van der Waals surface area contributed by atoms with Crippen LogP contribution < -0.4 is 5.32 Å². The molecule has 0 fully saturated rings. The first-order chi connectivity index (χ1) is 14.3. The quantitative estimate of drug-likeness (QED) is 0.592. The predicted octanol–water partition coefficient (Wildman–Crippen LogP) is 3.27. The third-order valence-corrected chi connectivity index (χ3v) is 6.90. The fourth-order valence-electron chi connectivity index (χ4n) is 2.89. The lowest BCUT2D eigenvalue weighted by Crippen LogP contribution is -2.40. The minimum absolute atomic E-state index is 0.0390. The van der Waals surface area contributed by atoms with Crippen molar-refractivity contribution in [3.63, 3.8) is 0 Å². The normalized spacial score (nSPS) is 13.6. The zero-order chi connectivity index (χ0) is 21.7. The third kappa shape index (κ3) is 5.33. The van der Waals surface area contributed by atoms with E-state index < -0.39 is 26.7 Å². The Hall–Kier alpha value is -3.00. The Kier molecular flexibility index (Phi) is 6.66. The van der Waals surface area contributed by atoms with Crippen molar-refractivity contribution in [2.24, 2.45) is 0 Å². The summed E-state index contributed by atoms with van der Waals surface area (Å²) in [5, 5.41) is 5.34. The average Bonchev–Trinajstić information content (AvgIpc) is 3.20. The highest BCUT2D eigenvalue weighted by Crippen LogP contribution is 2.19. The summed E-state index contributed by atoms with van der Waals surface area (Å²) in [4.78, 5) is 16.6. The van der Waals surface area contributed by atoms with E-state index in [1.54, 1.807) is 0 Å². The molecule has 0 saturated heterocycles. The van der Waals surface area contributed by atoms with E-state index in [0.29, 0.717) is 12.4 Å². The van der Waals surface area contributed by atoms with Gasteiger partial charge in [-0.2, -0.15) is 4.98 Å². The van der Waals surface area contributed by atoms with Crippen molar-refractivity contribution in [3.05, 3.63) is 71.6 Å². The van der Waals surface area contributed by atoms with E-state index in [2.05, 4.69) is 15.5 Å². The number of nitrogens with zero attached hydrogens (tertiary/aromatic N) is 2. The van der Waals surface area contributed by atoms with Crippen molar-refractivity contribution in [1.29, 1.82) is 0 Å². The molecule has 3 aromatic rings. The number of amides is 1. The second kappa shape index (κ2) is 9.21. The van der Waals surface area contributed by atoms with E-state index in [-0.39, 0.29) is 11.8 Å². The third-order valence-electron chi connectivity index (χ3n) is 4.96. The Labute approximate surface area is 176 Å². The molecule has 7 nitrogen and oxygen atoms in total. The standard InChI is InChI=1S/C22H25N3O4S/c1-15-9-11-19(12-10-15)21-24-20(29-25-21)14-30(27,28)17(3)22(26)23-13-16(2)18-7-5-4-6-8-18/h4-12,16-17H,13-14H2,1-3H3,(H,23,26). The largest absolute Gasteiger partial charge is 0.354 e. The summed E-state index contributed by atoms with van der Waals surface area (Å²) in [6, 6.07) is 17.2. The van der Waals surface area contributed by atoms with Crippen molar-refractivity contribution in [2.45, 2.75) is 37.7 Å². The minimum atomic E-state index is -3.81. The van der Waals surface area contributed by atoms with Crippen molar-refractivity contribution >= 4 is 15.7 Å². The van der Waals surface area contributed by atoms with Crippen LogP contribution in [0, 0.1) is 6.92 Å². The van der Waals surface area contributed by atoms with Crippen LogP contribution in [0.1, 0.15) is 36.8 Å². The monoisotopic (exact) mass is 427 g/mol. The molecule has 0 aliphatic rings. The van der Waals surface area contributed by atoms with E-state index in [0.717, 1.165) is 16.7 Å². The molecule has 30 heavy (non-hydrogen) atoms. The van der Waals surface area contributed by atoms with Crippen LogP contribution in [0.5, 0.6) is 0 Å². The molecule has 158 valence electrons. The summed E-state index contributed by atoms with van der Waals surface area (Å²) >= 11 is 0. The summed E-state index contributed by atoms with van der Waals surface area (Å²) < 4.78 is 30.4. The van der Waals surface area contributed by atoms with Crippen LogP contribution in [0.15, 0.2) is 59.1 Å². The number of aromatic nitrogens is 2. The minimum Gasteiger partial charge on any atom is -0.354 e. The van der Waals surface area contributed by atoms with Crippen molar-refractivity contribution in [1.82, 2.24) is 15.5 Å². The zero-order valence-corrected chi connectivity index (χ0v) is 18.0. The summed E-state index contributed by atoms with van der Waals surface area (Å²) in [5.41, 5.74) is 2.89. The molecule has 0 radical (unpaired) electrons. The lowest BCUT2D eigenvalue weighted by molar-refractivity contribution is -0.120. The molecule has 2 atom stereocenters. The van der Waals surface area contributed by atoms with Gasteiger partial charge in [0.25, 0.3) is 0 Å². The number of hydrogen-bond donors (Lipinski definition) is 1. The van der Waals surface area contributed by atoms with Crippen molar-refractivity contribution in [3.8, 4) is 11.4 Å². The van der Waals surface area contributed by atoms with Crippen LogP contribution in [0.4, 0.5) is 0 Å². The van der Waals surface area contributed by atoms with Gasteiger partial charge in [-0.15, -0.1) is 0 Å². The van der Waals surface area contributed by atoms with Gasteiger partial charge in [0.2, 0.25) is 17.6 Å². The zero-order valence-electron chi connectivity index (χ0n) is 17.2. The van der Waals surface area contributed by atoms with Gasteiger partial charge in [-0.1, -0.05) is 72.2 Å². The average molecular weight is 428 g/mol. The van der Waals surface area contributed by atoms with Crippen LogP contribution in [0.3, 0.4) is 0 Å². The maximum atomic E-state index is 12.7. The lowest BCUT2D eigenvalue weighted by Gasteiger charge is -2.16. The SMILES string of the molecule is Cc1ccc(-c2noc(CS(=O)(=O)C(C)C(=O)NCC(C)c3ccccc3)n2)cc1. The maximum absolute atomic E-state index is 12.7. The summed E-state index contributed by atoms with van der Waals surface area (Å²) in [6.45, 7) is 5.65. The number of nitrogens with one attached hydrogen (secondary N) is 1. The molecule has 0 bridgehead atoms. The lowest BCUT2D eigenvalue weighted by atomic mass is 10.0. The Bertz CT molecular complexity index is 1090. The van der Waals surface area contributed by atoms with Crippen LogP contribution >= 0.6 is 0 Å². The first-order valence-corrected chi connectivity index (χ1v) is 11.4. The van der Waals surface area contributed by atoms with Gasteiger partial charge in [-0.05, 0) is 25.3 Å². The van der Waals surface area contributed by atoms with Crippen LogP contribution in [0.2, 0.25) is 0 Å². The molecule has 1 N–H and O–H groups in total. The maximum Gasteiger partial charge on any atom is 0.242 e. The summed E-state index contributed by atoms with van der Waals surface area (Å²) in [6.07, 6.45) is 0. The van der Waals surface area contributed by atoms with Gasteiger partial charge in [0, 0.05) is 12.1 Å². The molecule has 3 rings (SSSR count). The van der Waals surface area contributed by atoms with E-state index in [9.17, 15) is 13.2 Å². The van der Waals surface area contributed by atoms with Crippen LogP contribution in [0.25, 0.3) is 11.4 Å². The Morgan fingerprint density at radius 2 is 1.73 bits per heavy atom. The Balaban J connectivity index is 1.60. The molecule has 1 aromatic heterocycles. The molecule has 0 saturated carbocycles. The van der Waals surface area contributed by atoms with Gasteiger partial charge in [0.15, 0.2) is 9.84 Å². The summed E-state index contributed by atoms with van der Waals surface area (Å²) in [7, 11) is -3.81. The first kappa shape index (κ1) is 21.7. The highest BCUT2D eigenvalue weighted by molar-refractivity contribution is 7.92. The second-order valence-electron chi connectivity index (χ2n) is 7.38. The number of carbonyl (C=O) groups excluding carboxylic acids is 1. The Morgan fingerprint density at radius 1 is 1.07 bits per heavy atom. The van der Waals surface area contributed by atoms with Gasteiger partial charge >= 0.3 is 0 Å². The van der Waals surface area contributed by atoms with Crippen molar-refractivity contribution < 1.29 is 17.7 Å². The molecule has 1 heterocycles. The van der Waals surface area contributed by atoms with Gasteiger partial charge in [-0.25, -0.2) is 8.42 Å². The smallest absolute Gasteiger partial charge is 0.242 e. The second-order valence-corrected chi connectivity index (χ2v) is 9.71. The van der Waals surface area contributed by atoms with Gasteiger partial charge in [-0.3, -0.25) is 4.79 Å². The van der Waals surface area contributed by atoms with Crippen molar-refractivity contribution in [2.75, 3.05) is 6.54 Å². The fraction of sp³-hybridized carbons (Fsp3) is 0.318. The molecule has 0 spiro atoms. The molecule has 2 aromatic carbocycles. The molecule has 0 aliphatic heterocycles. The topological polar surface area (TPSA) is 102 Å². The van der Waals surface area contributed by atoms with Gasteiger partial charge in [0.1, 0.15) is 11.0 Å². The van der Waals surface area contributed by atoms with Crippen LogP contribution in [-0.4, -0.2) is 36.3 Å². The number of benzene rings is 2. The molecule has 8 heteroatoms. The van der Waals surface area contributed by atoms with Gasteiger partial charge in [0.05, 0.1) is 0 Å². The first-order valence-electron chi connectivity index (χ1n) is 9.70. The molecule has 2 unspecified atom stereocenters. The summed E-state index contributed by atoms with van der Waals surface area (Å²) in [5.74, 6) is -0.694. The predicted molar refractivity (Wildman–Crippen MR) is 114 cm³/mol. The van der Waals surface area contributed by atoms with Gasteiger partial charge < -0.3 is 9.84 Å². The fourth-order valence-corrected chi connectivity index (χ4v) is 4.01. The van der Waals surface area contributed by atoms with Crippen LogP contribution in [-0.2, 0) is 20.4 Å². The number of sulfone groups is 1. The molecule has 1 amide bonds. The van der Waals surface area contributed by atoms with E-state index in [4.69, 9.17) is 4.52 Å². The highest BCUT2D eigenvalue weighted by Gasteiger charge is 2.30. The number of hydrogen-bond acceptors (Lipinski definition) is 6. The number of aryl methyl sites for hydroxylation is 1. The Morgan fingerprint density at radius 3 is 2.40 bits per heavy atom. The molecular formula is C22H25N3O4S. The number of carbonyl (C=O) groups is 1. The van der Waals surface area contributed by atoms with E-state index >= 15 is 0 Å². The van der Waals surface area contributed by atoms with E-state index in [1.807, 2.05) is 68.4 Å². The molecular weight excluding hydrogens is 402 g/mol.